The van der Waals surface area contributed by atoms with Crippen molar-refractivity contribution in [1.29, 1.82) is 0 Å². The number of hydrogen-bond acceptors (Lipinski definition) is 4. The Kier molecular flexibility index (Phi) is 3.90. The summed E-state index contributed by atoms with van der Waals surface area (Å²) in [4.78, 5) is 28.2. The number of rotatable bonds is 3. The molecule has 0 spiro atoms. The van der Waals surface area contributed by atoms with Crippen LogP contribution in [0.15, 0.2) is 18.2 Å². The Morgan fingerprint density at radius 3 is 2.81 bits per heavy atom. The SMILES string of the molecule is CN1CCN(CC(=O)Nc2cccc3c2CNC3=O)CC1. The first kappa shape index (κ1) is 14.0. The molecule has 1 aromatic carbocycles. The van der Waals surface area contributed by atoms with Gasteiger partial charge >= 0.3 is 0 Å². The molecule has 1 aromatic rings. The lowest BCUT2D eigenvalue weighted by Crippen LogP contribution is -2.47. The topological polar surface area (TPSA) is 64.7 Å². The molecule has 2 amide bonds. The largest absolute Gasteiger partial charge is 0.348 e. The van der Waals surface area contributed by atoms with Crippen molar-refractivity contribution in [2.75, 3.05) is 45.1 Å². The van der Waals surface area contributed by atoms with Crippen LogP contribution in [0.25, 0.3) is 0 Å². The van der Waals surface area contributed by atoms with E-state index in [1.54, 1.807) is 12.1 Å². The van der Waals surface area contributed by atoms with Crippen LogP contribution < -0.4 is 10.6 Å². The van der Waals surface area contributed by atoms with Gasteiger partial charge in [0.2, 0.25) is 5.91 Å². The molecular weight excluding hydrogens is 268 g/mol. The van der Waals surface area contributed by atoms with Crippen LogP contribution in [0.3, 0.4) is 0 Å². The highest BCUT2D eigenvalue weighted by Gasteiger charge is 2.22. The fourth-order valence-corrected chi connectivity index (χ4v) is 2.77. The highest BCUT2D eigenvalue weighted by molar-refractivity contribution is 6.02. The second-order valence-corrected chi connectivity index (χ2v) is 5.64. The van der Waals surface area contributed by atoms with Crippen LogP contribution in [-0.4, -0.2) is 61.4 Å². The van der Waals surface area contributed by atoms with E-state index >= 15 is 0 Å². The number of nitrogens with zero attached hydrogens (tertiary/aromatic N) is 2. The predicted molar refractivity (Wildman–Crippen MR) is 80.2 cm³/mol. The molecular formula is C15H20N4O2. The third kappa shape index (κ3) is 3.06. The maximum absolute atomic E-state index is 12.2. The fraction of sp³-hybridized carbons (Fsp3) is 0.467. The molecule has 2 heterocycles. The summed E-state index contributed by atoms with van der Waals surface area (Å²) in [5.41, 5.74) is 2.28. The van der Waals surface area contributed by atoms with Crippen LogP contribution in [0.4, 0.5) is 5.69 Å². The first-order valence-corrected chi connectivity index (χ1v) is 7.24. The van der Waals surface area contributed by atoms with Gasteiger partial charge in [0.25, 0.3) is 5.91 Å². The van der Waals surface area contributed by atoms with Crippen LogP contribution in [0.2, 0.25) is 0 Å². The fourth-order valence-electron chi connectivity index (χ4n) is 2.77. The Morgan fingerprint density at radius 1 is 1.29 bits per heavy atom. The normalized spacial score (nSPS) is 19.2. The van der Waals surface area contributed by atoms with Gasteiger partial charge in [-0.1, -0.05) is 6.07 Å². The Labute approximate surface area is 124 Å². The lowest BCUT2D eigenvalue weighted by molar-refractivity contribution is -0.117. The number of piperazine rings is 1. The lowest BCUT2D eigenvalue weighted by Gasteiger charge is -2.31. The molecule has 0 bridgehead atoms. The average Bonchev–Trinajstić information content (AvgIpc) is 2.84. The number of amides is 2. The smallest absolute Gasteiger partial charge is 0.251 e. The number of anilines is 1. The standard InChI is InChI=1S/C15H20N4O2/c1-18-5-7-19(8-6-18)10-14(20)17-13-4-2-3-11-12(13)9-16-15(11)21/h2-4H,5-10H2,1H3,(H,16,21)(H,17,20). The average molecular weight is 288 g/mol. The van der Waals surface area contributed by atoms with E-state index in [4.69, 9.17) is 0 Å². The van der Waals surface area contributed by atoms with Gasteiger partial charge in [0.05, 0.1) is 6.54 Å². The quantitative estimate of drug-likeness (QED) is 0.829. The van der Waals surface area contributed by atoms with Crippen LogP contribution in [0.5, 0.6) is 0 Å². The minimum atomic E-state index is -0.0693. The zero-order chi connectivity index (χ0) is 14.8. The van der Waals surface area contributed by atoms with Crippen LogP contribution >= 0.6 is 0 Å². The molecule has 1 saturated heterocycles. The second kappa shape index (κ2) is 5.83. The summed E-state index contributed by atoms with van der Waals surface area (Å²) >= 11 is 0. The highest BCUT2D eigenvalue weighted by atomic mass is 16.2. The third-order valence-corrected chi connectivity index (χ3v) is 4.08. The molecule has 0 saturated carbocycles. The molecule has 0 aromatic heterocycles. The first-order chi connectivity index (χ1) is 10.1. The summed E-state index contributed by atoms with van der Waals surface area (Å²) in [7, 11) is 2.09. The monoisotopic (exact) mass is 288 g/mol. The molecule has 0 atom stereocenters. The molecule has 2 aliphatic heterocycles. The molecule has 3 rings (SSSR count). The predicted octanol–water partition coefficient (Wildman–Crippen LogP) is 0.116. The number of likely N-dealkylation sites (N-methyl/N-ethyl adjacent to an activating group) is 1. The zero-order valence-corrected chi connectivity index (χ0v) is 12.2. The summed E-state index contributed by atoms with van der Waals surface area (Å²) in [5, 5.41) is 5.71. The summed E-state index contributed by atoms with van der Waals surface area (Å²) in [6.07, 6.45) is 0. The molecule has 6 nitrogen and oxygen atoms in total. The van der Waals surface area contributed by atoms with Gasteiger partial charge < -0.3 is 15.5 Å². The van der Waals surface area contributed by atoms with Gasteiger partial charge in [-0.15, -0.1) is 0 Å². The Bertz CT molecular complexity index is 565. The molecule has 21 heavy (non-hydrogen) atoms. The van der Waals surface area contributed by atoms with Gasteiger partial charge in [0.1, 0.15) is 0 Å². The van der Waals surface area contributed by atoms with Crippen molar-refractivity contribution < 1.29 is 9.59 Å². The third-order valence-electron chi connectivity index (χ3n) is 4.08. The minimum Gasteiger partial charge on any atom is -0.348 e. The van der Waals surface area contributed by atoms with Crippen molar-refractivity contribution in [3.05, 3.63) is 29.3 Å². The van der Waals surface area contributed by atoms with E-state index in [-0.39, 0.29) is 11.8 Å². The van der Waals surface area contributed by atoms with Gasteiger partial charge in [-0.3, -0.25) is 14.5 Å². The summed E-state index contributed by atoms with van der Waals surface area (Å²) in [6, 6.07) is 5.43. The van der Waals surface area contributed by atoms with Gasteiger partial charge in [-0.2, -0.15) is 0 Å². The molecule has 2 N–H and O–H groups in total. The van der Waals surface area contributed by atoms with Crippen LogP contribution in [-0.2, 0) is 11.3 Å². The summed E-state index contributed by atoms with van der Waals surface area (Å²) in [5.74, 6) is -0.0903. The molecule has 0 unspecified atom stereocenters. The highest BCUT2D eigenvalue weighted by Crippen LogP contribution is 2.24. The van der Waals surface area contributed by atoms with E-state index in [0.717, 1.165) is 37.4 Å². The number of carbonyl (C=O) groups is 2. The Balaban J connectivity index is 1.62. The summed E-state index contributed by atoms with van der Waals surface area (Å²) in [6.45, 7) is 4.70. The zero-order valence-electron chi connectivity index (χ0n) is 12.2. The number of nitrogens with one attached hydrogen (secondary N) is 2. The van der Waals surface area contributed by atoms with Gasteiger partial charge in [-0.05, 0) is 19.2 Å². The van der Waals surface area contributed by atoms with Crippen LogP contribution in [0.1, 0.15) is 15.9 Å². The molecule has 6 heteroatoms. The number of fused-ring (bicyclic) bond motifs is 1. The van der Waals surface area contributed by atoms with Crippen molar-refractivity contribution in [2.24, 2.45) is 0 Å². The first-order valence-electron chi connectivity index (χ1n) is 7.24. The van der Waals surface area contributed by atoms with Gasteiger partial charge in [-0.25, -0.2) is 0 Å². The van der Waals surface area contributed by atoms with Gasteiger partial charge in [0.15, 0.2) is 0 Å². The molecule has 1 fully saturated rings. The Hall–Kier alpha value is -1.92. The number of carbonyl (C=O) groups excluding carboxylic acids is 2. The Morgan fingerprint density at radius 2 is 2.05 bits per heavy atom. The van der Waals surface area contributed by atoms with Crippen molar-refractivity contribution >= 4 is 17.5 Å². The van der Waals surface area contributed by atoms with E-state index in [2.05, 4.69) is 27.5 Å². The number of hydrogen-bond donors (Lipinski definition) is 2. The van der Waals surface area contributed by atoms with E-state index in [1.165, 1.54) is 0 Å². The van der Waals surface area contributed by atoms with E-state index in [9.17, 15) is 9.59 Å². The second-order valence-electron chi connectivity index (χ2n) is 5.64. The maximum atomic E-state index is 12.2. The summed E-state index contributed by atoms with van der Waals surface area (Å²) < 4.78 is 0. The van der Waals surface area contributed by atoms with Crippen LogP contribution in [0, 0.1) is 0 Å². The van der Waals surface area contributed by atoms with E-state index < -0.39 is 0 Å². The molecule has 0 aliphatic carbocycles. The molecule has 2 aliphatic rings. The molecule has 0 radical (unpaired) electrons. The van der Waals surface area contributed by atoms with Gasteiger partial charge in [0, 0.05) is 49.5 Å². The minimum absolute atomic E-state index is 0.0210. The van der Waals surface area contributed by atoms with Crippen molar-refractivity contribution in [3.8, 4) is 0 Å². The number of benzene rings is 1. The lowest BCUT2D eigenvalue weighted by atomic mass is 10.1. The maximum Gasteiger partial charge on any atom is 0.251 e. The van der Waals surface area contributed by atoms with Crippen molar-refractivity contribution in [3.63, 3.8) is 0 Å². The van der Waals surface area contributed by atoms with Crippen molar-refractivity contribution in [2.45, 2.75) is 6.54 Å². The van der Waals surface area contributed by atoms with E-state index in [0.29, 0.717) is 18.7 Å². The van der Waals surface area contributed by atoms with E-state index in [1.807, 2.05) is 6.07 Å². The van der Waals surface area contributed by atoms with Crippen molar-refractivity contribution in [1.82, 2.24) is 15.1 Å². The molecule has 112 valence electrons.